The highest BCUT2D eigenvalue weighted by Gasteiger charge is 2.20. The Kier molecular flexibility index (Phi) is 4.34. The molecule has 0 amide bonds. The summed E-state index contributed by atoms with van der Waals surface area (Å²) in [7, 11) is 0. The van der Waals surface area contributed by atoms with Gasteiger partial charge in [0.15, 0.2) is 0 Å². The lowest BCUT2D eigenvalue weighted by molar-refractivity contribution is 0.414. The molecule has 0 unspecified atom stereocenters. The molecule has 0 aromatic heterocycles. The Morgan fingerprint density at radius 3 is 2.55 bits per heavy atom. The van der Waals surface area contributed by atoms with Crippen LogP contribution in [-0.4, -0.2) is 10.2 Å². The van der Waals surface area contributed by atoms with Gasteiger partial charge in [-0.15, -0.1) is 0 Å². The van der Waals surface area contributed by atoms with Gasteiger partial charge in [-0.05, 0) is 65.3 Å². The standard InChI is InChI=1S/C19H22NO2/c20-12-15-10-19(22)18(13-5-2-1-3-6-13)11-17(15)14-7-4-8-16(21)9-14/h4,7,9-11,13,21-22H,1-3,5-6,12,20H2. The summed E-state index contributed by atoms with van der Waals surface area (Å²) < 4.78 is 0. The van der Waals surface area contributed by atoms with Gasteiger partial charge in [-0.2, -0.15) is 0 Å². The third-order valence-electron chi connectivity index (χ3n) is 4.61. The van der Waals surface area contributed by atoms with Crippen molar-refractivity contribution in [3.63, 3.8) is 0 Å². The first kappa shape index (κ1) is 14.9. The summed E-state index contributed by atoms with van der Waals surface area (Å²) in [6.45, 7) is 0.354. The van der Waals surface area contributed by atoms with Crippen molar-refractivity contribution in [2.75, 3.05) is 0 Å². The van der Waals surface area contributed by atoms with E-state index in [0.717, 1.165) is 35.1 Å². The fourth-order valence-electron chi connectivity index (χ4n) is 3.45. The molecule has 1 fully saturated rings. The predicted octanol–water partition coefficient (Wildman–Crippen LogP) is 4.07. The molecule has 1 saturated carbocycles. The maximum Gasteiger partial charge on any atom is 0.124 e. The average Bonchev–Trinajstić information content (AvgIpc) is 2.55. The van der Waals surface area contributed by atoms with Crippen molar-refractivity contribution in [1.82, 2.24) is 0 Å². The van der Waals surface area contributed by atoms with E-state index in [9.17, 15) is 10.2 Å². The molecule has 3 rings (SSSR count). The Morgan fingerprint density at radius 2 is 1.86 bits per heavy atom. The number of benzene rings is 2. The number of nitrogens with two attached hydrogens (primary N) is 1. The van der Waals surface area contributed by atoms with E-state index in [1.54, 1.807) is 18.2 Å². The van der Waals surface area contributed by atoms with Crippen LogP contribution in [0.5, 0.6) is 11.5 Å². The Morgan fingerprint density at radius 1 is 1.09 bits per heavy atom. The monoisotopic (exact) mass is 296 g/mol. The van der Waals surface area contributed by atoms with Crippen molar-refractivity contribution in [2.45, 2.75) is 44.6 Å². The molecular weight excluding hydrogens is 274 g/mol. The topological polar surface area (TPSA) is 66.5 Å². The number of rotatable bonds is 3. The number of hydrogen-bond donors (Lipinski definition) is 3. The summed E-state index contributed by atoms with van der Waals surface area (Å²) in [5.74, 6) is 0.888. The summed E-state index contributed by atoms with van der Waals surface area (Å²) in [5, 5.41) is 20.1. The Hall–Kier alpha value is -2.00. The van der Waals surface area contributed by atoms with Crippen molar-refractivity contribution >= 4 is 0 Å². The van der Waals surface area contributed by atoms with Crippen LogP contribution in [0.3, 0.4) is 0 Å². The highest BCUT2D eigenvalue weighted by Crippen LogP contribution is 2.40. The van der Waals surface area contributed by atoms with E-state index in [0.29, 0.717) is 18.2 Å². The van der Waals surface area contributed by atoms with E-state index in [-0.39, 0.29) is 5.75 Å². The molecule has 0 atom stereocenters. The maximum atomic E-state index is 10.4. The minimum Gasteiger partial charge on any atom is -0.508 e. The molecule has 1 aliphatic carbocycles. The molecule has 0 spiro atoms. The first-order valence-electron chi connectivity index (χ1n) is 7.96. The van der Waals surface area contributed by atoms with Crippen LogP contribution in [-0.2, 0) is 6.54 Å². The van der Waals surface area contributed by atoms with Gasteiger partial charge in [0, 0.05) is 12.6 Å². The highest BCUT2D eigenvalue weighted by molar-refractivity contribution is 5.71. The lowest BCUT2D eigenvalue weighted by atomic mass is 9.82. The number of aromatic hydroxyl groups is 2. The summed E-state index contributed by atoms with van der Waals surface area (Å²) in [5.41, 5.74) is 9.65. The van der Waals surface area contributed by atoms with Gasteiger partial charge in [0.2, 0.25) is 0 Å². The number of phenolic OH excluding ortho intramolecular Hbond substituents is 2. The summed E-state index contributed by atoms with van der Waals surface area (Å²) in [6, 6.07) is 11.9. The third kappa shape index (κ3) is 2.95. The van der Waals surface area contributed by atoms with Crippen LogP contribution in [0.1, 0.15) is 49.1 Å². The molecule has 0 saturated heterocycles. The molecule has 3 heteroatoms. The van der Waals surface area contributed by atoms with Gasteiger partial charge in [0.1, 0.15) is 11.5 Å². The maximum absolute atomic E-state index is 10.4. The SMILES string of the molecule is NCc1cc(O)c(C2CCCCC2)cc1-c1cc[c]c(O)c1. The van der Waals surface area contributed by atoms with Crippen molar-refractivity contribution in [3.8, 4) is 22.6 Å². The molecular formula is C19H22NO2. The lowest BCUT2D eigenvalue weighted by Crippen LogP contribution is -2.07. The van der Waals surface area contributed by atoms with Gasteiger partial charge in [0.25, 0.3) is 0 Å². The van der Waals surface area contributed by atoms with E-state index in [1.165, 1.54) is 19.3 Å². The molecule has 0 bridgehead atoms. The van der Waals surface area contributed by atoms with Crippen LogP contribution < -0.4 is 5.73 Å². The fourth-order valence-corrected chi connectivity index (χ4v) is 3.45. The summed E-state index contributed by atoms with van der Waals surface area (Å²) in [4.78, 5) is 0. The Balaban J connectivity index is 2.07. The van der Waals surface area contributed by atoms with Crippen LogP contribution in [0.2, 0.25) is 0 Å². The molecule has 0 aliphatic heterocycles. The zero-order valence-electron chi connectivity index (χ0n) is 12.7. The highest BCUT2D eigenvalue weighted by atomic mass is 16.3. The average molecular weight is 296 g/mol. The third-order valence-corrected chi connectivity index (χ3v) is 4.61. The van der Waals surface area contributed by atoms with Gasteiger partial charge in [-0.3, -0.25) is 0 Å². The zero-order chi connectivity index (χ0) is 15.5. The Bertz CT molecular complexity index is 660. The zero-order valence-corrected chi connectivity index (χ0v) is 12.7. The molecule has 2 aromatic carbocycles. The first-order chi connectivity index (χ1) is 10.7. The fraction of sp³-hybridized carbons (Fsp3) is 0.368. The minimum absolute atomic E-state index is 0.118. The molecule has 1 radical (unpaired) electrons. The van der Waals surface area contributed by atoms with Gasteiger partial charge in [0.05, 0.1) is 0 Å². The second-order valence-corrected chi connectivity index (χ2v) is 6.07. The van der Waals surface area contributed by atoms with Gasteiger partial charge in [-0.1, -0.05) is 25.3 Å². The largest absolute Gasteiger partial charge is 0.508 e. The van der Waals surface area contributed by atoms with E-state index in [4.69, 9.17) is 5.73 Å². The molecule has 115 valence electrons. The quantitative estimate of drug-likeness (QED) is 0.799. The number of hydrogen-bond acceptors (Lipinski definition) is 3. The van der Waals surface area contributed by atoms with Crippen LogP contribution in [0, 0.1) is 6.07 Å². The van der Waals surface area contributed by atoms with E-state index in [2.05, 4.69) is 12.1 Å². The van der Waals surface area contributed by atoms with E-state index < -0.39 is 0 Å². The van der Waals surface area contributed by atoms with Crippen LogP contribution >= 0.6 is 0 Å². The van der Waals surface area contributed by atoms with Crippen LogP contribution in [0.15, 0.2) is 30.3 Å². The van der Waals surface area contributed by atoms with Gasteiger partial charge >= 0.3 is 0 Å². The smallest absolute Gasteiger partial charge is 0.124 e. The minimum atomic E-state index is 0.118. The Labute approximate surface area is 131 Å². The molecule has 2 aromatic rings. The summed E-state index contributed by atoms with van der Waals surface area (Å²) >= 11 is 0. The molecule has 0 heterocycles. The van der Waals surface area contributed by atoms with E-state index in [1.807, 2.05) is 6.07 Å². The molecule has 22 heavy (non-hydrogen) atoms. The second-order valence-electron chi connectivity index (χ2n) is 6.07. The van der Waals surface area contributed by atoms with Crippen molar-refractivity contribution < 1.29 is 10.2 Å². The van der Waals surface area contributed by atoms with Gasteiger partial charge < -0.3 is 15.9 Å². The van der Waals surface area contributed by atoms with Crippen molar-refractivity contribution in [3.05, 3.63) is 47.5 Å². The lowest BCUT2D eigenvalue weighted by Gasteiger charge is -2.24. The van der Waals surface area contributed by atoms with Crippen LogP contribution in [0.25, 0.3) is 11.1 Å². The van der Waals surface area contributed by atoms with Gasteiger partial charge in [-0.25, -0.2) is 0 Å². The predicted molar refractivity (Wildman–Crippen MR) is 87.8 cm³/mol. The van der Waals surface area contributed by atoms with Crippen LogP contribution in [0.4, 0.5) is 0 Å². The molecule has 4 N–H and O–H groups in total. The first-order valence-corrected chi connectivity index (χ1v) is 7.96. The van der Waals surface area contributed by atoms with Crippen molar-refractivity contribution in [2.24, 2.45) is 5.73 Å². The normalized spacial score (nSPS) is 15.9. The second kappa shape index (κ2) is 6.41. The van der Waals surface area contributed by atoms with E-state index >= 15 is 0 Å². The number of phenols is 2. The molecule has 1 aliphatic rings. The molecule has 3 nitrogen and oxygen atoms in total. The summed E-state index contributed by atoms with van der Waals surface area (Å²) in [6.07, 6.45) is 5.98. The van der Waals surface area contributed by atoms with Crippen molar-refractivity contribution in [1.29, 1.82) is 0 Å².